The van der Waals surface area contributed by atoms with Crippen molar-refractivity contribution in [2.45, 2.75) is 12.1 Å². The maximum absolute atomic E-state index is 14.7. The minimum atomic E-state index is -0.531. The van der Waals surface area contributed by atoms with Crippen LogP contribution in [0.25, 0.3) is 17.1 Å². The fourth-order valence-electron chi connectivity index (χ4n) is 3.21. The third-order valence-electron chi connectivity index (χ3n) is 4.88. The van der Waals surface area contributed by atoms with Gasteiger partial charge in [0.1, 0.15) is 5.82 Å². The molecule has 172 valence electrons. The number of amides is 1. The first-order valence-electron chi connectivity index (χ1n) is 9.98. The highest BCUT2D eigenvalue weighted by Crippen LogP contribution is 2.33. The second-order valence-corrected chi connectivity index (χ2v) is 8.52. The SMILES string of the molecule is Cc1ccc([N+](=O)[O-])cc1NC(=O)CSc1nnc(-c2ccccc2Cl)n1-c1ccccc1F. The first-order chi connectivity index (χ1) is 16.3. The molecule has 0 saturated heterocycles. The molecule has 0 unspecified atom stereocenters. The van der Waals surface area contributed by atoms with Crippen LogP contribution in [0.5, 0.6) is 0 Å². The summed E-state index contributed by atoms with van der Waals surface area (Å²) >= 11 is 7.39. The Morgan fingerprint density at radius 3 is 2.62 bits per heavy atom. The number of hydrogen-bond acceptors (Lipinski definition) is 6. The van der Waals surface area contributed by atoms with E-state index in [0.717, 1.165) is 11.8 Å². The first-order valence-corrected chi connectivity index (χ1v) is 11.3. The highest BCUT2D eigenvalue weighted by atomic mass is 35.5. The van der Waals surface area contributed by atoms with Crippen molar-refractivity contribution in [2.24, 2.45) is 0 Å². The van der Waals surface area contributed by atoms with E-state index in [9.17, 15) is 19.3 Å². The molecular weight excluding hydrogens is 481 g/mol. The van der Waals surface area contributed by atoms with Crippen molar-refractivity contribution in [3.63, 3.8) is 0 Å². The average Bonchev–Trinajstić information content (AvgIpc) is 3.23. The summed E-state index contributed by atoms with van der Waals surface area (Å²) in [6.45, 7) is 1.73. The van der Waals surface area contributed by atoms with Gasteiger partial charge in [-0.1, -0.05) is 53.7 Å². The van der Waals surface area contributed by atoms with Crippen molar-refractivity contribution in [1.29, 1.82) is 0 Å². The summed E-state index contributed by atoms with van der Waals surface area (Å²) in [6, 6.07) is 17.4. The number of rotatable bonds is 7. The summed E-state index contributed by atoms with van der Waals surface area (Å²) in [5.41, 5.74) is 1.66. The topological polar surface area (TPSA) is 103 Å². The fraction of sp³-hybridized carbons (Fsp3) is 0.0870. The molecule has 0 saturated carbocycles. The third kappa shape index (κ3) is 4.92. The Labute approximate surface area is 202 Å². The van der Waals surface area contributed by atoms with Crippen LogP contribution in [0.1, 0.15) is 5.56 Å². The first kappa shape index (κ1) is 23.4. The van der Waals surface area contributed by atoms with Crippen molar-refractivity contribution in [3.8, 4) is 17.1 Å². The number of nitro groups is 1. The molecular formula is C23H17ClFN5O3S. The number of non-ortho nitro benzene ring substituents is 1. The Morgan fingerprint density at radius 1 is 1.15 bits per heavy atom. The summed E-state index contributed by atoms with van der Waals surface area (Å²) in [7, 11) is 0. The molecule has 8 nitrogen and oxygen atoms in total. The molecule has 1 amide bonds. The lowest BCUT2D eigenvalue weighted by Gasteiger charge is -2.12. The Morgan fingerprint density at radius 2 is 1.88 bits per heavy atom. The summed E-state index contributed by atoms with van der Waals surface area (Å²) < 4.78 is 16.2. The summed E-state index contributed by atoms with van der Waals surface area (Å²) in [5.74, 6) is -0.657. The summed E-state index contributed by atoms with van der Waals surface area (Å²) in [6.07, 6.45) is 0. The lowest BCUT2D eigenvalue weighted by atomic mass is 10.2. The van der Waals surface area contributed by atoms with Crippen LogP contribution >= 0.6 is 23.4 Å². The minimum absolute atomic E-state index is 0.0861. The number of halogens is 2. The predicted molar refractivity (Wildman–Crippen MR) is 129 cm³/mol. The van der Waals surface area contributed by atoms with E-state index in [2.05, 4.69) is 15.5 Å². The summed E-state index contributed by atoms with van der Waals surface area (Å²) in [4.78, 5) is 23.1. The maximum atomic E-state index is 14.7. The summed E-state index contributed by atoms with van der Waals surface area (Å²) in [5, 5.41) is 22.8. The average molecular weight is 498 g/mol. The van der Waals surface area contributed by atoms with Crippen LogP contribution in [0, 0.1) is 22.9 Å². The lowest BCUT2D eigenvalue weighted by Crippen LogP contribution is -2.15. The molecule has 0 bridgehead atoms. The molecule has 1 aromatic heterocycles. The molecule has 0 fully saturated rings. The van der Waals surface area contributed by atoms with Crippen molar-refractivity contribution < 1.29 is 14.1 Å². The number of para-hydroxylation sites is 1. The lowest BCUT2D eigenvalue weighted by molar-refractivity contribution is -0.384. The standard InChI is InChI=1S/C23H17ClFN5O3S/c1-14-10-11-15(30(32)33)12-19(14)26-21(31)13-34-23-28-27-22(16-6-2-3-7-17(16)24)29(23)20-9-5-4-8-18(20)25/h2-12H,13H2,1H3,(H,26,31). The largest absolute Gasteiger partial charge is 0.325 e. The van der Waals surface area contributed by atoms with Gasteiger partial charge in [-0.2, -0.15) is 0 Å². The van der Waals surface area contributed by atoms with Crippen LogP contribution in [0.15, 0.2) is 71.9 Å². The number of anilines is 1. The monoisotopic (exact) mass is 497 g/mol. The number of nitrogens with one attached hydrogen (secondary N) is 1. The van der Waals surface area contributed by atoms with Gasteiger partial charge in [0.15, 0.2) is 11.0 Å². The predicted octanol–water partition coefficient (Wildman–Crippen LogP) is 5.67. The molecule has 0 atom stereocenters. The number of aryl methyl sites for hydroxylation is 1. The molecule has 4 aromatic rings. The van der Waals surface area contributed by atoms with E-state index in [1.165, 1.54) is 22.8 Å². The smallest absolute Gasteiger partial charge is 0.271 e. The maximum Gasteiger partial charge on any atom is 0.271 e. The van der Waals surface area contributed by atoms with Gasteiger partial charge in [0.05, 0.1) is 27.1 Å². The highest BCUT2D eigenvalue weighted by Gasteiger charge is 2.21. The Bertz CT molecular complexity index is 1390. The van der Waals surface area contributed by atoms with Crippen LogP contribution < -0.4 is 5.32 Å². The van der Waals surface area contributed by atoms with Gasteiger partial charge in [0.2, 0.25) is 5.91 Å². The number of hydrogen-bond donors (Lipinski definition) is 1. The Kier molecular flexibility index (Phi) is 6.90. The van der Waals surface area contributed by atoms with E-state index >= 15 is 0 Å². The molecule has 0 spiro atoms. The third-order valence-corrected chi connectivity index (χ3v) is 6.14. The molecule has 0 aliphatic heterocycles. The van der Waals surface area contributed by atoms with Crippen molar-refractivity contribution >= 4 is 40.6 Å². The van der Waals surface area contributed by atoms with Gasteiger partial charge in [-0.3, -0.25) is 19.5 Å². The molecule has 0 radical (unpaired) electrons. The normalized spacial score (nSPS) is 10.8. The van der Waals surface area contributed by atoms with Gasteiger partial charge in [-0.15, -0.1) is 10.2 Å². The molecule has 1 N–H and O–H groups in total. The second kappa shape index (κ2) is 10.0. The number of carbonyl (C=O) groups is 1. The molecule has 1 heterocycles. The Hall–Kier alpha value is -3.76. The molecule has 3 aromatic carbocycles. The highest BCUT2D eigenvalue weighted by molar-refractivity contribution is 7.99. The molecule has 4 rings (SSSR count). The van der Waals surface area contributed by atoms with Crippen LogP contribution in [0.4, 0.5) is 15.8 Å². The number of carbonyl (C=O) groups excluding carboxylic acids is 1. The van der Waals surface area contributed by atoms with E-state index in [0.29, 0.717) is 27.7 Å². The number of benzene rings is 3. The number of aromatic nitrogens is 3. The van der Waals surface area contributed by atoms with Gasteiger partial charge >= 0.3 is 0 Å². The molecule has 0 aliphatic rings. The van der Waals surface area contributed by atoms with Crippen molar-refractivity contribution in [3.05, 3.63) is 93.2 Å². The van der Waals surface area contributed by atoms with E-state index in [1.807, 2.05) is 0 Å². The quantitative estimate of drug-likeness (QED) is 0.200. The van der Waals surface area contributed by atoms with Gasteiger partial charge in [-0.05, 0) is 36.8 Å². The van der Waals surface area contributed by atoms with E-state index < -0.39 is 16.6 Å². The van der Waals surface area contributed by atoms with Crippen LogP contribution in [0.2, 0.25) is 5.02 Å². The van der Waals surface area contributed by atoms with E-state index in [4.69, 9.17) is 11.6 Å². The zero-order chi connectivity index (χ0) is 24.2. The van der Waals surface area contributed by atoms with Crippen LogP contribution in [-0.2, 0) is 4.79 Å². The fourth-order valence-corrected chi connectivity index (χ4v) is 4.17. The molecule has 11 heteroatoms. The zero-order valence-corrected chi connectivity index (χ0v) is 19.3. The number of nitrogens with zero attached hydrogens (tertiary/aromatic N) is 4. The van der Waals surface area contributed by atoms with Gasteiger partial charge < -0.3 is 5.32 Å². The number of nitro benzene ring substituents is 1. The van der Waals surface area contributed by atoms with E-state index in [-0.39, 0.29) is 22.3 Å². The second-order valence-electron chi connectivity index (χ2n) is 7.17. The van der Waals surface area contributed by atoms with Crippen molar-refractivity contribution in [2.75, 3.05) is 11.1 Å². The van der Waals surface area contributed by atoms with Crippen LogP contribution in [-0.4, -0.2) is 31.3 Å². The van der Waals surface area contributed by atoms with E-state index in [1.54, 1.807) is 55.5 Å². The Balaban J connectivity index is 1.62. The molecule has 0 aliphatic carbocycles. The van der Waals surface area contributed by atoms with Crippen molar-refractivity contribution in [1.82, 2.24) is 14.8 Å². The van der Waals surface area contributed by atoms with Gasteiger partial charge in [-0.25, -0.2) is 4.39 Å². The minimum Gasteiger partial charge on any atom is -0.325 e. The van der Waals surface area contributed by atoms with Gasteiger partial charge in [0, 0.05) is 17.7 Å². The zero-order valence-electron chi connectivity index (χ0n) is 17.7. The van der Waals surface area contributed by atoms with Gasteiger partial charge in [0.25, 0.3) is 5.69 Å². The number of thioether (sulfide) groups is 1. The van der Waals surface area contributed by atoms with Crippen LogP contribution in [0.3, 0.4) is 0 Å². The molecule has 34 heavy (non-hydrogen) atoms.